The minimum atomic E-state index is -4.21. The van der Waals surface area contributed by atoms with E-state index < -0.39 is 69.2 Å². The summed E-state index contributed by atoms with van der Waals surface area (Å²) in [5.41, 5.74) is 6.28. The number of halogens is 1. The number of thiol groups is 2. The molecule has 0 saturated carbocycles. The number of alkyl halides is 1. The van der Waals surface area contributed by atoms with E-state index in [-0.39, 0.29) is 36.3 Å². The molecule has 2 saturated heterocycles. The lowest BCUT2D eigenvalue weighted by molar-refractivity contribution is -0.0474. The fourth-order valence-electron chi connectivity index (χ4n) is 5.31. The van der Waals surface area contributed by atoms with Crippen LogP contribution < -0.4 is 11.3 Å². The average Bonchev–Trinajstić information content (AvgIpc) is 3.74. The van der Waals surface area contributed by atoms with Crippen molar-refractivity contribution in [3.63, 3.8) is 0 Å². The van der Waals surface area contributed by atoms with Gasteiger partial charge in [-0.25, -0.2) is 28.9 Å². The first-order valence-electron chi connectivity index (χ1n) is 13.1. The highest BCUT2D eigenvalue weighted by molar-refractivity contribution is 8.44. The van der Waals surface area contributed by atoms with Crippen molar-refractivity contribution < 1.29 is 41.7 Å². The van der Waals surface area contributed by atoms with Crippen LogP contribution in [0.3, 0.4) is 0 Å². The molecule has 17 nitrogen and oxygen atoms in total. The van der Waals surface area contributed by atoms with E-state index >= 15 is 4.39 Å². The largest absolute Gasteiger partial charge is 0.396 e. The van der Waals surface area contributed by atoms with Gasteiger partial charge in [-0.2, -0.15) is 0 Å². The van der Waals surface area contributed by atoms with Crippen LogP contribution in [0, 0.1) is 0 Å². The molecule has 4 aromatic heterocycles. The van der Waals surface area contributed by atoms with Gasteiger partial charge in [-0.15, -0.1) is 0 Å². The third-order valence-corrected chi connectivity index (χ3v) is 9.65. The van der Waals surface area contributed by atoms with E-state index in [0.29, 0.717) is 11.2 Å². The predicted molar refractivity (Wildman–Crippen MR) is 159 cm³/mol. The molecule has 0 aromatic carbocycles. The summed E-state index contributed by atoms with van der Waals surface area (Å²) in [6.45, 7) is -4.92. The summed E-state index contributed by atoms with van der Waals surface area (Å²) in [5.74, 6) is 0.149. The summed E-state index contributed by atoms with van der Waals surface area (Å²) in [7, 11) is -2.95. The van der Waals surface area contributed by atoms with Crippen LogP contribution in [-0.2, 0) is 32.2 Å². The highest BCUT2D eigenvalue weighted by Crippen LogP contribution is 2.57. The van der Waals surface area contributed by atoms with E-state index in [2.05, 4.69) is 49.4 Å². The van der Waals surface area contributed by atoms with E-state index in [0.717, 1.165) is 0 Å². The summed E-state index contributed by atoms with van der Waals surface area (Å²) in [5, 5.41) is 9.67. The van der Waals surface area contributed by atoms with Gasteiger partial charge in [0.1, 0.15) is 35.8 Å². The molecule has 0 amide bonds. The Labute approximate surface area is 258 Å². The molecule has 0 aliphatic carbocycles. The number of aliphatic hydroxyl groups excluding tert-OH is 1. The molecule has 4 aromatic rings. The van der Waals surface area contributed by atoms with Crippen LogP contribution in [0.1, 0.15) is 25.3 Å². The number of aromatic amines is 1. The van der Waals surface area contributed by atoms with Crippen molar-refractivity contribution >= 4 is 66.5 Å². The van der Waals surface area contributed by atoms with E-state index in [1.54, 1.807) is 0 Å². The van der Waals surface area contributed by atoms with Crippen molar-refractivity contribution in [1.29, 1.82) is 0 Å². The zero-order chi connectivity index (χ0) is 31.2. The molecule has 6 rings (SSSR count). The number of aliphatic hydroxyl groups is 1. The lowest BCUT2D eigenvalue weighted by atomic mass is 10.1. The number of hydrogen-bond acceptors (Lipinski definition) is 14. The molecule has 44 heavy (non-hydrogen) atoms. The highest BCUT2D eigenvalue weighted by Gasteiger charge is 2.49. The summed E-state index contributed by atoms with van der Waals surface area (Å²) in [6, 6.07) is 1.45. The number of nitrogens with one attached hydrogen (secondary N) is 1. The van der Waals surface area contributed by atoms with Gasteiger partial charge in [0.2, 0.25) is 7.23 Å². The lowest BCUT2D eigenvalue weighted by Crippen LogP contribution is -2.32. The minimum Gasteiger partial charge on any atom is -0.396 e. The second-order valence-corrected chi connectivity index (χ2v) is 14.7. The topological polar surface area (TPSA) is 221 Å². The Morgan fingerprint density at radius 1 is 1.23 bits per heavy atom. The number of nitrogen functional groups attached to an aromatic ring is 1. The molecule has 2 aliphatic heterocycles. The third-order valence-electron chi connectivity index (χ3n) is 7.22. The van der Waals surface area contributed by atoms with Crippen molar-refractivity contribution in [3.05, 3.63) is 41.6 Å². The fraction of sp³-hybridized carbons (Fsp3) is 0.500. The van der Waals surface area contributed by atoms with Gasteiger partial charge in [0.25, 0.3) is 5.56 Å². The zero-order valence-corrected chi connectivity index (χ0v) is 26.1. The Balaban J connectivity index is 1.20. The van der Waals surface area contributed by atoms with Crippen LogP contribution in [0.25, 0.3) is 22.2 Å². The van der Waals surface area contributed by atoms with Crippen LogP contribution in [0.5, 0.6) is 0 Å². The van der Waals surface area contributed by atoms with Crippen molar-refractivity contribution in [2.75, 3.05) is 18.9 Å². The van der Waals surface area contributed by atoms with Gasteiger partial charge < -0.3 is 34.4 Å². The number of anilines is 1. The molecule has 4 N–H and O–H groups in total. The van der Waals surface area contributed by atoms with Gasteiger partial charge in [-0.3, -0.25) is 23.0 Å². The molecular formula is C22H27FN8O9P2S2. The summed E-state index contributed by atoms with van der Waals surface area (Å²) in [4.78, 5) is 31.0. The lowest BCUT2D eigenvalue weighted by Gasteiger charge is -2.24. The smallest absolute Gasteiger partial charge is 0.386 e. The molecule has 0 spiro atoms. The van der Waals surface area contributed by atoms with Gasteiger partial charge in [0.15, 0.2) is 30.1 Å². The SMILES string of the molecule is Nc1ncnc2c1ncn2[C@@H]1O[C@H](CCO)C[C@H]1OP(=O)(S)OC[C@H]1O[C@@H](n2ccc3c(=O)[nH]cnc32)[C@@H](F)[C@@H]1O[PH](=O)S. The highest BCUT2D eigenvalue weighted by atomic mass is 32.7. The van der Waals surface area contributed by atoms with Crippen molar-refractivity contribution in [2.45, 2.75) is 55.9 Å². The van der Waals surface area contributed by atoms with Crippen LogP contribution in [0.2, 0.25) is 0 Å². The van der Waals surface area contributed by atoms with Gasteiger partial charge in [0.05, 0.1) is 30.8 Å². The fourth-order valence-corrected chi connectivity index (χ4v) is 7.68. The summed E-state index contributed by atoms with van der Waals surface area (Å²) < 4.78 is 72.4. The normalized spacial score (nSPS) is 29.4. The Morgan fingerprint density at radius 3 is 2.82 bits per heavy atom. The quantitative estimate of drug-likeness (QED) is 0.112. The number of aromatic nitrogens is 7. The first kappa shape index (κ1) is 31.6. The number of H-pyrrole nitrogens is 1. The van der Waals surface area contributed by atoms with Crippen LogP contribution in [0.4, 0.5) is 10.2 Å². The first-order chi connectivity index (χ1) is 21.1. The number of nitrogens with zero attached hydrogens (tertiary/aromatic N) is 6. The average molecular weight is 693 g/mol. The van der Waals surface area contributed by atoms with Gasteiger partial charge in [-0.1, -0.05) is 24.5 Å². The van der Waals surface area contributed by atoms with E-state index in [1.807, 2.05) is 0 Å². The third kappa shape index (κ3) is 6.20. The minimum absolute atomic E-state index is 0.146. The van der Waals surface area contributed by atoms with Crippen LogP contribution in [-0.4, -0.2) is 83.0 Å². The van der Waals surface area contributed by atoms with Gasteiger partial charge in [-0.05, 0) is 12.5 Å². The molecule has 2 unspecified atom stereocenters. The van der Waals surface area contributed by atoms with E-state index in [4.69, 9.17) is 28.8 Å². The number of imidazole rings is 1. The summed E-state index contributed by atoms with van der Waals surface area (Å²) in [6.07, 6.45) is -2.51. The molecule has 6 heterocycles. The predicted octanol–water partition coefficient (Wildman–Crippen LogP) is 2.20. The van der Waals surface area contributed by atoms with E-state index in [1.165, 1.54) is 40.4 Å². The molecule has 22 heteroatoms. The number of ether oxygens (including phenoxy) is 2. The molecule has 2 aliphatic rings. The molecule has 9 atom stereocenters. The van der Waals surface area contributed by atoms with Gasteiger partial charge in [0, 0.05) is 19.2 Å². The number of rotatable bonds is 11. The van der Waals surface area contributed by atoms with Crippen molar-refractivity contribution in [2.24, 2.45) is 0 Å². The van der Waals surface area contributed by atoms with Gasteiger partial charge >= 0.3 is 6.80 Å². The Kier molecular flexibility index (Phi) is 9.18. The number of hydrogen-bond donors (Lipinski definition) is 5. The van der Waals surface area contributed by atoms with Crippen LogP contribution in [0.15, 0.2) is 36.0 Å². The first-order valence-corrected chi connectivity index (χ1v) is 18.4. The Morgan fingerprint density at radius 2 is 2.05 bits per heavy atom. The molecule has 0 bridgehead atoms. The molecule has 2 fully saturated rings. The number of nitrogens with two attached hydrogens (primary N) is 1. The standard InChI is InChI=1S/C22H27FN8O9P2S2/c23-14-16(39-41(34)43)13(38-22(14)30-3-1-11-18(30)26-8-28-20(11)33)6-36-42(35,44)40-12-5-10(2-4-32)37-21(12)31-9-29-15-17(24)25-7-27-19(15)31/h1,3,7-10,12-14,16,21-22,32,41H,2,4-6H2,(H,34,43)(H,35,44)(H2,24,25,27)(H,26,28,33)/t10-,12-,13-,14+,16-,21-,22-,42?/m1/s1. The molecule has 238 valence electrons. The maximum Gasteiger partial charge on any atom is 0.386 e. The second-order valence-electron chi connectivity index (χ2n) is 9.94. The van der Waals surface area contributed by atoms with Crippen molar-refractivity contribution in [1.82, 2.24) is 34.1 Å². The molecule has 0 radical (unpaired) electrons. The monoisotopic (exact) mass is 692 g/mol. The maximum atomic E-state index is 15.7. The second kappa shape index (κ2) is 12.8. The van der Waals surface area contributed by atoms with E-state index in [9.17, 15) is 19.0 Å². The Bertz CT molecular complexity index is 1790. The maximum absolute atomic E-state index is 15.7. The number of fused-ring (bicyclic) bond motifs is 2. The Hall–Kier alpha value is -2.38. The summed E-state index contributed by atoms with van der Waals surface area (Å²) >= 11 is 7.91. The zero-order valence-electron chi connectivity index (χ0n) is 22.5. The van der Waals surface area contributed by atoms with Crippen molar-refractivity contribution in [3.8, 4) is 0 Å². The van der Waals surface area contributed by atoms with Crippen LogP contribution >= 0.6 is 38.5 Å². The molecular weight excluding hydrogens is 665 g/mol.